The van der Waals surface area contributed by atoms with Crippen LogP contribution in [-0.2, 0) is 6.54 Å². The molecule has 0 unspecified atom stereocenters. The highest BCUT2D eigenvalue weighted by Gasteiger charge is 2.20. The lowest BCUT2D eigenvalue weighted by molar-refractivity contribution is 0.685. The third kappa shape index (κ3) is 2.54. The van der Waals surface area contributed by atoms with Crippen molar-refractivity contribution in [2.75, 3.05) is 0 Å². The number of nitrogens with zero attached hydrogens (tertiary/aromatic N) is 3. The second-order valence-corrected chi connectivity index (χ2v) is 5.39. The Bertz CT molecular complexity index is 596. The molecule has 0 saturated heterocycles. The molecule has 2 aromatic heterocycles. The van der Waals surface area contributed by atoms with Crippen LogP contribution in [0.5, 0.6) is 0 Å². The molecule has 2 aromatic rings. The maximum absolute atomic E-state index is 4.56. The van der Waals surface area contributed by atoms with Gasteiger partial charge in [-0.1, -0.05) is 0 Å². The Kier molecular flexibility index (Phi) is 3.11. The van der Waals surface area contributed by atoms with E-state index in [1.807, 2.05) is 17.8 Å². The number of rotatable bonds is 4. The van der Waals surface area contributed by atoms with Crippen LogP contribution in [0.3, 0.4) is 0 Å². The summed E-state index contributed by atoms with van der Waals surface area (Å²) in [5.41, 5.74) is 4.74. The van der Waals surface area contributed by atoms with Crippen LogP contribution >= 0.6 is 0 Å². The van der Waals surface area contributed by atoms with Gasteiger partial charge in [0.05, 0.1) is 5.69 Å². The molecule has 4 nitrogen and oxygen atoms in total. The van der Waals surface area contributed by atoms with Gasteiger partial charge in [0.25, 0.3) is 0 Å². The SMILES string of the molecule is Cc1nn(-c2cc(CNC3CC3)ccn2)c(C)c1C. The number of hydrogen-bond donors (Lipinski definition) is 1. The van der Waals surface area contributed by atoms with Crippen LogP contribution in [0, 0.1) is 20.8 Å². The molecule has 1 aliphatic rings. The van der Waals surface area contributed by atoms with Crippen LogP contribution in [0.1, 0.15) is 35.4 Å². The highest BCUT2D eigenvalue weighted by Crippen LogP contribution is 2.20. The minimum absolute atomic E-state index is 0.729. The molecule has 0 atom stereocenters. The van der Waals surface area contributed by atoms with Crippen LogP contribution < -0.4 is 5.32 Å². The highest BCUT2D eigenvalue weighted by atomic mass is 15.3. The first-order chi connectivity index (χ1) is 9.15. The van der Waals surface area contributed by atoms with E-state index in [2.05, 4.69) is 41.4 Å². The Labute approximate surface area is 113 Å². The zero-order valence-electron chi connectivity index (χ0n) is 11.8. The van der Waals surface area contributed by atoms with Gasteiger partial charge in [-0.15, -0.1) is 0 Å². The molecule has 1 fully saturated rings. The standard InChI is InChI=1S/C15H20N4/c1-10-11(2)18-19(12(10)3)15-8-13(6-7-16-15)9-17-14-4-5-14/h6-8,14,17H,4-5,9H2,1-3H3. The van der Waals surface area contributed by atoms with Gasteiger partial charge in [0.2, 0.25) is 0 Å². The van der Waals surface area contributed by atoms with Gasteiger partial charge in [0, 0.05) is 24.5 Å². The van der Waals surface area contributed by atoms with Crippen molar-refractivity contribution < 1.29 is 0 Å². The van der Waals surface area contributed by atoms with Crippen LogP contribution in [0.4, 0.5) is 0 Å². The molecule has 100 valence electrons. The minimum atomic E-state index is 0.729. The smallest absolute Gasteiger partial charge is 0.153 e. The molecule has 1 saturated carbocycles. The summed E-state index contributed by atoms with van der Waals surface area (Å²) in [6, 6.07) is 4.92. The Hall–Kier alpha value is -1.68. The van der Waals surface area contributed by atoms with E-state index in [9.17, 15) is 0 Å². The van der Waals surface area contributed by atoms with Crippen LogP contribution in [0.15, 0.2) is 18.3 Å². The first-order valence-corrected chi connectivity index (χ1v) is 6.86. The van der Waals surface area contributed by atoms with E-state index in [1.165, 1.54) is 24.0 Å². The monoisotopic (exact) mass is 256 g/mol. The molecule has 0 aliphatic heterocycles. The van der Waals surface area contributed by atoms with E-state index < -0.39 is 0 Å². The fourth-order valence-corrected chi connectivity index (χ4v) is 2.18. The topological polar surface area (TPSA) is 42.7 Å². The van der Waals surface area contributed by atoms with E-state index in [1.54, 1.807) is 0 Å². The average Bonchev–Trinajstić information content (AvgIpc) is 3.21. The van der Waals surface area contributed by atoms with Gasteiger partial charge < -0.3 is 5.32 Å². The third-order valence-corrected chi connectivity index (χ3v) is 3.85. The summed E-state index contributed by atoms with van der Waals surface area (Å²) >= 11 is 0. The van der Waals surface area contributed by atoms with Gasteiger partial charge in [-0.2, -0.15) is 5.10 Å². The zero-order valence-corrected chi connectivity index (χ0v) is 11.8. The fourth-order valence-electron chi connectivity index (χ4n) is 2.18. The summed E-state index contributed by atoms with van der Waals surface area (Å²) in [4.78, 5) is 4.44. The Morgan fingerprint density at radius 2 is 2.11 bits per heavy atom. The summed E-state index contributed by atoms with van der Waals surface area (Å²) in [5.74, 6) is 0.906. The van der Waals surface area contributed by atoms with E-state index in [0.717, 1.165) is 29.8 Å². The quantitative estimate of drug-likeness (QED) is 0.913. The molecule has 1 aliphatic carbocycles. The Morgan fingerprint density at radius 1 is 1.32 bits per heavy atom. The number of pyridine rings is 1. The number of hydrogen-bond acceptors (Lipinski definition) is 3. The molecule has 2 heterocycles. The lowest BCUT2D eigenvalue weighted by Crippen LogP contribution is -2.15. The van der Waals surface area contributed by atoms with Gasteiger partial charge in [-0.3, -0.25) is 0 Å². The minimum Gasteiger partial charge on any atom is -0.310 e. The lowest BCUT2D eigenvalue weighted by atomic mass is 10.2. The Balaban J connectivity index is 1.86. The van der Waals surface area contributed by atoms with Crippen LogP contribution in [-0.4, -0.2) is 20.8 Å². The summed E-state index contributed by atoms with van der Waals surface area (Å²) < 4.78 is 1.94. The van der Waals surface area contributed by atoms with E-state index in [-0.39, 0.29) is 0 Å². The zero-order chi connectivity index (χ0) is 13.4. The molecule has 0 radical (unpaired) electrons. The van der Waals surface area contributed by atoms with Gasteiger partial charge in [-0.25, -0.2) is 9.67 Å². The van der Waals surface area contributed by atoms with Gasteiger partial charge in [0.15, 0.2) is 5.82 Å². The lowest BCUT2D eigenvalue weighted by Gasteiger charge is -2.07. The second kappa shape index (κ2) is 4.78. The number of aromatic nitrogens is 3. The summed E-state index contributed by atoms with van der Waals surface area (Å²) in [6.07, 6.45) is 4.49. The summed E-state index contributed by atoms with van der Waals surface area (Å²) in [5, 5.41) is 8.09. The van der Waals surface area contributed by atoms with E-state index >= 15 is 0 Å². The molecule has 0 aromatic carbocycles. The maximum Gasteiger partial charge on any atom is 0.153 e. The molecule has 0 amide bonds. The van der Waals surface area contributed by atoms with Crippen molar-refractivity contribution in [2.24, 2.45) is 0 Å². The first-order valence-electron chi connectivity index (χ1n) is 6.86. The predicted octanol–water partition coefficient (Wildman–Crippen LogP) is 2.44. The van der Waals surface area contributed by atoms with Crippen LogP contribution in [0.25, 0.3) is 5.82 Å². The van der Waals surface area contributed by atoms with Crippen molar-refractivity contribution in [3.63, 3.8) is 0 Å². The largest absolute Gasteiger partial charge is 0.310 e. The summed E-state index contributed by atoms with van der Waals surface area (Å²) in [6.45, 7) is 7.15. The van der Waals surface area contributed by atoms with Crippen LogP contribution in [0.2, 0.25) is 0 Å². The number of aryl methyl sites for hydroxylation is 1. The second-order valence-electron chi connectivity index (χ2n) is 5.39. The van der Waals surface area contributed by atoms with Crippen molar-refractivity contribution in [3.8, 4) is 5.82 Å². The fraction of sp³-hybridized carbons (Fsp3) is 0.467. The molecule has 1 N–H and O–H groups in total. The van der Waals surface area contributed by atoms with Crippen molar-refractivity contribution >= 4 is 0 Å². The molecular weight excluding hydrogens is 236 g/mol. The molecular formula is C15H20N4. The molecule has 3 rings (SSSR count). The molecule has 4 heteroatoms. The predicted molar refractivity (Wildman–Crippen MR) is 75.4 cm³/mol. The van der Waals surface area contributed by atoms with Gasteiger partial charge in [-0.05, 0) is 56.9 Å². The molecule has 0 spiro atoms. The van der Waals surface area contributed by atoms with Gasteiger partial charge in [0.1, 0.15) is 0 Å². The van der Waals surface area contributed by atoms with E-state index in [0.29, 0.717) is 0 Å². The normalized spacial score (nSPS) is 14.9. The van der Waals surface area contributed by atoms with Gasteiger partial charge >= 0.3 is 0 Å². The maximum atomic E-state index is 4.56. The first kappa shape index (κ1) is 12.4. The van der Waals surface area contributed by atoms with Crippen molar-refractivity contribution in [1.82, 2.24) is 20.1 Å². The number of nitrogens with one attached hydrogen (secondary N) is 1. The van der Waals surface area contributed by atoms with E-state index in [4.69, 9.17) is 0 Å². The molecule has 0 bridgehead atoms. The van der Waals surface area contributed by atoms with Crippen molar-refractivity contribution in [1.29, 1.82) is 0 Å². The third-order valence-electron chi connectivity index (χ3n) is 3.85. The summed E-state index contributed by atoms with van der Waals surface area (Å²) in [7, 11) is 0. The average molecular weight is 256 g/mol. The van der Waals surface area contributed by atoms with Crippen molar-refractivity contribution in [3.05, 3.63) is 40.8 Å². The molecule has 19 heavy (non-hydrogen) atoms. The van der Waals surface area contributed by atoms with Crippen molar-refractivity contribution in [2.45, 2.75) is 46.2 Å². The highest BCUT2D eigenvalue weighted by molar-refractivity contribution is 5.33. The Morgan fingerprint density at radius 3 is 2.74 bits per heavy atom.